The van der Waals surface area contributed by atoms with Crippen LogP contribution in [0.3, 0.4) is 0 Å². The van der Waals surface area contributed by atoms with Gasteiger partial charge in [0.25, 0.3) is 5.78 Å². The van der Waals surface area contributed by atoms with Gasteiger partial charge >= 0.3 is 12.1 Å². The predicted octanol–water partition coefficient (Wildman–Crippen LogP) is 4.43. The van der Waals surface area contributed by atoms with E-state index in [9.17, 15) is 22.8 Å². The second kappa shape index (κ2) is 9.71. The lowest BCUT2D eigenvalue weighted by Crippen LogP contribution is -2.37. The number of benzene rings is 1. The SMILES string of the molecule is CCCCSc1ccc(CC(C(=O)OCC)C(=O)C(F)(F)F)cc1. The number of thioether (sulfide) groups is 1. The summed E-state index contributed by atoms with van der Waals surface area (Å²) in [5.74, 6) is -4.10. The summed E-state index contributed by atoms with van der Waals surface area (Å²) in [4.78, 5) is 24.2. The molecule has 1 aromatic rings. The van der Waals surface area contributed by atoms with Crippen LogP contribution in [0.5, 0.6) is 0 Å². The van der Waals surface area contributed by atoms with Gasteiger partial charge in [-0.15, -0.1) is 11.8 Å². The molecule has 7 heteroatoms. The van der Waals surface area contributed by atoms with E-state index in [1.807, 2.05) is 0 Å². The molecule has 1 rings (SSSR count). The number of carbonyl (C=O) groups excluding carboxylic acids is 2. The Balaban J connectivity index is 2.82. The molecule has 1 unspecified atom stereocenters. The summed E-state index contributed by atoms with van der Waals surface area (Å²) in [7, 11) is 0. The van der Waals surface area contributed by atoms with Crippen LogP contribution in [0.2, 0.25) is 0 Å². The van der Waals surface area contributed by atoms with E-state index in [2.05, 4.69) is 11.7 Å². The smallest absolute Gasteiger partial charge is 0.450 e. The van der Waals surface area contributed by atoms with Crippen molar-refractivity contribution in [2.75, 3.05) is 12.4 Å². The van der Waals surface area contributed by atoms with Crippen molar-refractivity contribution in [2.24, 2.45) is 5.92 Å². The molecule has 24 heavy (non-hydrogen) atoms. The fourth-order valence-electron chi connectivity index (χ4n) is 2.02. The van der Waals surface area contributed by atoms with E-state index < -0.39 is 23.8 Å². The molecule has 0 saturated heterocycles. The fourth-order valence-corrected chi connectivity index (χ4v) is 3.01. The second-order valence-electron chi connectivity index (χ2n) is 5.22. The number of unbranched alkanes of at least 4 members (excludes halogenated alkanes) is 1. The third-order valence-corrected chi connectivity index (χ3v) is 4.40. The van der Waals surface area contributed by atoms with Gasteiger partial charge in [-0.25, -0.2) is 0 Å². The molecular formula is C17H21F3O3S. The molecular weight excluding hydrogens is 341 g/mol. The molecule has 0 aliphatic carbocycles. The number of halogens is 3. The first-order chi connectivity index (χ1) is 11.3. The normalized spacial score (nSPS) is 12.7. The van der Waals surface area contributed by atoms with Crippen LogP contribution >= 0.6 is 11.8 Å². The first kappa shape index (κ1) is 20.5. The minimum Gasteiger partial charge on any atom is -0.465 e. The number of esters is 1. The Morgan fingerprint density at radius 1 is 1.17 bits per heavy atom. The first-order valence-corrected chi connectivity index (χ1v) is 8.77. The van der Waals surface area contributed by atoms with Crippen LogP contribution in [-0.4, -0.2) is 30.3 Å². The Morgan fingerprint density at radius 2 is 1.79 bits per heavy atom. The molecule has 0 spiro atoms. The molecule has 1 aromatic carbocycles. The summed E-state index contributed by atoms with van der Waals surface area (Å²) in [6.45, 7) is 3.50. The van der Waals surface area contributed by atoms with E-state index in [0.717, 1.165) is 23.5 Å². The standard InChI is InChI=1S/C17H21F3O3S/c1-3-5-10-24-13-8-6-12(7-9-13)11-14(16(22)23-4-2)15(21)17(18,19)20/h6-9,14H,3-5,10-11H2,1-2H3. The maximum absolute atomic E-state index is 12.7. The molecule has 1 atom stereocenters. The minimum absolute atomic E-state index is 0.0759. The van der Waals surface area contributed by atoms with Crippen molar-refractivity contribution >= 4 is 23.5 Å². The summed E-state index contributed by atoms with van der Waals surface area (Å²) in [5.41, 5.74) is 0.491. The van der Waals surface area contributed by atoms with Crippen LogP contribution < -0.4 is 0 Å². The molecule has 0 saturated carbocycles. The molecule has 0 aromatic heterocycles. The molecule has 3 nitrogen and oxygen atoms in total. The van der Waals surface area contributed by atoms with Gasteiger partial charge in [0.15, 0.2) is 0 Å². The Hall–Kier alpha value is -1.50. The lowest BCUT2D eigenvalue weighted by atomic mass is 9.95. The van der Waals surface area contributed by atoms with Crippen LogP contribution in [-0.2, 0) is 20.7 Å². The minimum atomic E-state index is -5.06. The number of rotatable bonds is 9. The monoisotopic (exact) mass is 362 g/mol. The molecule has 0 bridgehead atoms. The largest absolute Gasteiger partial charge is 0.465 e. The summed E-state index contributed by atoms with van der Waals surface area (Å²) >= 11 is 1.66. The highest BCUT2D eigenvalue weighted by molar-refractivity contribution is 7.99. The number of carbonyl (C=O) groups is 2. The van der Waals surface area contributed by atoms with E-state index >= 15 is 0 Å². The summed E-state index contributed by atoms with van der Waals surface area (Å²) < 4.78 is 42.7. The molecule has 0 heterocycles. The molecule has 0 aliphatic rings. The predicted molar refractivity (Wildman–Crippen MR) is 87.0 cm³/mol. The van der Waals surface area contributed by atoms with Gasteiger partial charge < -0.3 is 4.74 Å². The molecule has 134 valence electrons. The fraction of sp³-hybridized carbons (Fsp3) is 0.529. The van der Waals surface area contributed by atoms with E-state index in [1.54, 1.807) is 36.0 Å². The third kappa shape index (κ3) is 6.55. The van der Waals surface area contributed by atoms with E-state index in [1.165, 1.54) is 6.92 Å². The maximum Gasteiger partial charge on any atom is 0.450 e. The molecule has 0 aliphatic heterocycles. The average molecular weight is 362 g/mol. The van der Waals surface area contributed by atoms with Crippen molar-refractivity contribution in [3.8, 4) is 0 Å². The zero-order valence-electron chi connectivity index (χ0n) is 13.7. The third-order valence-electron chi connectivity index (χ3n) is 3.30. The van der Waals surface area contributed by atoms with Gasteiger partial charge in [-0.1, -0.05) is 25.5 Å². The van der Waals surface area contributed by atoms with Crippen LogP contribution in [0.15, 0.2) is 29.2 Å². The van der Waals surface area contributed by atoms with Crippen LogP contribution in [0, 0.1) is 5.92 Å². The molecule has 0 amide bonds. The van der Waals surface area contributed by atoms with E-state index in [-0.39, 0.29) is 13.0 Å². The number of Topliss-reactive ketones (excluding diaryl/α,β-unsaturated/α-hetero) is 1. The van der Waals surface area contributed by atoms with Crippen LogP contribution in [0.1, 0.15) is 32.3 Å². The summed E-state index contributed by atoms with van der Waals surface area (Å²) in [6.07, 6.45) is -3.21. The second-order valence-corrected chi connectivity index (χ2v) is 6.39. The lowest BCUT2D eigenvalue weighted by Gasteiger charge is -2.16. The van der Waals surface area contributed by atoms with Gasteiger partial charge in [-0.2, -0.15) is 13.2 Å². The number of alkyl halides is 3. The molecule has 0 fully saturated rings. The first-order valence-electron chi connectivity index (χ1n) is 7.79. The topological polar surface area (TPSA) is 43.4 Å². The van der Waals surface area contributed by atoms with Crippen molar-refractivity contribution in [3.05, 3.63) is 29.8 Å². The number of hydrogen-bond donors (Lipinski definition) is 0. The number of ketones is 1. The van der Waals surface area contributed by atoms with Gasteiger partial charge in [-0.3, -0.25) is 9.59 Å². The van der Waals surface area contributed by atoms with Crippen molar-refractivity contribution in [3.63, 3.8) is 0 Å². The Bertz CT molecular complexity index is 541. The highest BCUT2D eigenvalue weighted by Gasteiger charge is 2.46. The van der Waals surface area contributed by atoms with Gasteiger partial charge in [0, 0.05) is 4.90 Å². The Morgan fingerprint density at radius 3 is 2.29 bits per heavy atom. The maximum atomic E-state index is 12.7. The van der Waals surface area contributed by atoms with Gasteiger partial charge in [-0.05, 0) is 43.2 Å². The van der Waals surface area contributed by atoms with Gasteiger partial charge in [0.05, 0.1) is 6.61 Å². The summed E-state index contributed by atoms with van der Waals surface area (Å²) in [5, 5.41) is 0. The molecule has 0 radical (unpaired) electrons. The van der Waals surface area contributed by atoms with E-state index in [0.29, 0.717) is 5.56 Å². The van der Waals surface area contributed by atoms with Crippen molar-refractivity contribution in [1.82, 2.24) is 0 Å². The Kier molecular flexibility index (Phi) is 8.31. The van der Waals surface area contributed by atoms with Crippen molar-refractivity contribution in [1.29, 1.82) is 0 Å². The highest BCUT2D eigenvalue weighted by atomic mass is 32.2. The zero-order valence-corrected chi connectivity index (χ0v) is 14.5. The summed E-state index contributed by atoms with van der Waals surface area (Å²) in [6, 6.07) is 6.86. The highest BCUT2D eigenvalue weighted by Crippen LogP contribution is 2.26. The van der Waals surface area contributed by atoms with E-state index in [4.69, 9.17) is 0 Å². The van der Waals surface area contributed by atoms with Crippen molar-refractivity contribution in [2.45, 2.75) is 44.2 Å². The van der Waals surface area contributed by atoms with Crippen molar-refractivity contribution < 1.29 is 27.5 Å². The molecule has 0 N–H and O–H groups in total. The van der Waals surface area contributed by atoms with Crippen LogP contribution in [0.4, 0.5) is 13.2 Å². The van der Waals surface area contributed by atoms with Gasteiger partial charge in [0.1, 0.15) is 5.92 Å². The quantitative estimate of drug-likeness (QED) is 0.282. The van der Waals surface area contributed by atoms with Crippen LogP contribution in [0.25, 0.3) is 0 Å². The van der Waals surface area contributed by atoms with Gasteiger partial charge in [0.2, 0.25) is 0 Å². The Labute approximate surface area is 144 Å². The number of hydrogen-bond acceptors (Lipinski definition) is 4. The lowest BCUT2D eigenvalue weighted by molar-refractivity contribution is -0.180. The zero-order chi connectivity index (χ0) is 18.2. The number of ether oxygens (including phenoxy) is 1. The average Bonchev–Trinajstić information content (AvgIpc) is 2.53.